The lowest BCUT2D eigenvalue weighted by atomic mass is 9.46. The van der Waals surface area contributed by atoms with E-state index in [0.29, 0.717) is 0 Å². The molecule has 2 nitrogen and oxygen atoms in total. The molecule has 0 saturated heterocycles. The molecule has 0 N–H and O–H groups in total. The van der Waals surface area contributed by atoms with Gasteiger partial charge in [0.2, 0.25) is 0 Å². The fourth-order valence-electron chi connectivity index (χ4n) is 9.00. The highest BCUT2D eigenvalue weighted by molar-refractivity contribution is 6.90. The first-order valence-corrected chi connectivity index (χ1v) is 19.7. The molecule has 0 saturated carbocycles. The number of nitrogens with zero attached hydrogens (tertiary/aromatic N) is 2. The maximum absolute atomic E-state index is 2.53. The first-order chi connectivity index (χ1) is 28.3. The van der Waals surface area contributed by atoms with Crippen LogP contribution in [0.4, 0.5) is 11.4 Å². The summed E-state index contributed by atoms with van der Waals surface area (Å²) in [6, 6.07) is 82.0. The maximum Gasteiger partial charge on any atom is 0.328 e. The molecule has 57 heavy (non-hydrogen) atoms. The second-order valence-corrected chi connectivity index (χ2v) is 14.9. The average molecular weight is 725 g/mol. The highest BCUT2D eigenvalue weighted by Crippen LogP contribution is 2.41. The van der Waals surface area contributed by atoms with Crippen LogP contribution in [0.1, 0.15) is 0 Å². The SMILES string of the molecule is c1ccc(B2c3ccccc3-c3ccccc3N2c2cccc(-c3cccc(-n4c5ccc(-c6ccccc6)cc5c5cc(-c6ccccc6)ccc54)c3)c2)cc1. The van der Waals surface area contributed by atoms with Crippen LogP contribution in [-0.2, 0) is 0 Å². The largest absolute Gasteiger partial charge is 0.376 e. The summed E-state index contributed by atoms with van der Waals surface area (Å²) in [6.07, 6.45) is 0. The van der Waals surface area contributed by atoms with Crippen molar-refractivity contribution in [2.24, 2.45) is 0 Å². The van der Waals surface area contributed by atoms with Gasteiger partial charge in [-0.25, -0.2) is 0 Å². The van der Waals surface area contributed by atoms with E-state index in [2.05, 4.69) is 234 Å². The third kappa shape index (κ3) is 5.67. The minimum Gasteiger partial charge on any atom is -0.376 e. The minimum absolute atomic E-state index is 0.0260. The zero-order valence-corrected chi connectivity index (χ0v) is 31.3. The number of rotatable bonds is 6. The average Bonchev–Trinajstić information content (AvgIpc) is 3.62. The van der Waals surface area contributed by atoms with E-state index in [1.54, 1.807) is 0 Å². The number of fused-ring (bicyclic) bond motifs is 6. The van der Waals surface area contributed by atoms with Crippen molar-refractivity contribution >= 4 is 51.0 Å². The summed E-state index contributed by atoms with van der Waals surface area (Å²) >= 11 is 0. The van der Waals surface area contributed by atoms with Gasteiger partial charge in [0.15, 0.2) is 0 Å². The molecule has 266 valence electrons. The smallest absolute Gasteiger partial charge is 0.328 e. The van der Waals surface area contributed by atoms with E-state index < -0.39 is 0 Å². The van der Waals surface area contributed by atoms with E-state index in [1.165, 1.54) is 82.9 Å². The van der Waals surface area contributed by atoms with E-state index in [1.807, 2.05) is 0 Å². The summed E-state index contributed by atoms with van der Waals surface area (Å²) in [6.45, 7) is 0.0260. The summed E-state index contributed by atoms with van der Waals surface area (Å²) in [4.78, 5) is 2.53. The number of aromatic nitrogens is 1. The second-order valence-electron chi connectivity index (χ2n) is 14.9. The van der Waals surface area contributed by atoms with Crippen LogP contribution in [0, 0.1) is 0 Å². The van der Waals surface area contributed by atoms with Gasteiger partial charge < -0.3 is 9.38 Å². The number of para-hydroxylation sites is 1. The molecule has 2 heterocycles. The molecule has 0 aliphatic carbocycles. The van der Waals surface area contributed by atoms with Gasteiger partial charge in [0.1, 0.15) is 0 Å². The van der Waals surface area contributed by atoms with Gasteiger partial charge in [-0.3, -0.25) is 0 Å². The van der Waals surface area contributed by atoms with Gasteiger partial charge >= 0.3 is 6.85 Å². The van der Waals surface area contributed by atoms with Crippen LogP contribution in [0.2, 0.25) is 0 Å². The quantitative estimate of drug-likeness (QED) is 0.155. The van der Waals surface area contributed by atoms with E-state index in [-0.39, 0.29) is 6.85 Å². The van der Waals surface area contributed by atoms with E-state index in [9.17, 15) is 0 Å². The Morgan fingerprint density at radius 3 is 1.42 bits per heavy atom. The molecule has 0 unspecified atom stereocenters. The Morgan fingerprint density at radius 2 is 0.789 bits per heavy atom. The Morgan fingerprint density at radius 1 is 0.316 bits per heavy atom. The Balaban J connectivity index is 1.06. The Hall–Kier alpha value is -7.36. The molecule has 0 fully saturated rings. The predicted molar refractivity (Wildman–Crippen MR) is 243 cm³/mol. The van der Waals surface area contributed by atoms with Gasteiger partial charge in [0.25, 0.3) is 0 Å². The predicted octanol–water partition coefficient (Wildman–Crippen LogP) is 12.7. The van der Waals surface area contributed by atoms with Crippen molar-refractivity contribution in [2.75, 3.05) is 4.81 Å². The maximum atomic E-state index is 2.53. The zero-order chi connectivity index (χ0) is 37.7. The van der Waals surface area contributed by atoms with Gasteiger partial charge in [-0.05, 0) is 99.0 Å². The van der Waals surface area contributed by atoms with Crippen molar-refractivity contribution in [2.45, 2.75) is 0 Å². The standard InChI is InChI=1S/C54H37BN2/c1-4-16-38(17-5-1)42-30-32-52-49(36-42)50-37-43(39-18-6-2-7-19-39)31-33-53(50)56(52)45-24-14-20-40(34-45)41-21-15-25-46(35-41)57-54-29-13-11-27-48(54)47-26-10-12-28-51(47)55(57)44-22-8-3-9-23-44/h1-37H. The Kier molecular flexibility index (Phi) is 7.96. The molecule has 1 aliphatic heterocycles. The lowest BCUT2D eigenvalue weighted by molar-refractivity contribution is 1.18. The van der Waals surface area contributed by atoms with E-state index in [0.717, 1.165) is 11.4 Å². The molecule has 0 spiro atoms. The first kappa shape index (κ1) is 33.0. The topological polar surface area (TPSA) is 8.17 Å². The number of anilines is 2. The van der Waals surface area contributed by atoms with Crippen molar-refractivity contribution in [1.29, 1.82) is 0 Å². The number of hydrogen-bond acceptors (Lipinski definition) is 1. The van der Waals surface area contributed by atoms with Gasteiger partial charge in [-0.2, -0.15) is 0 Å². The minimum atomic E-state index is 0.0260. The van der Waals surface area contributed by atoms with Gasteiger partial charge in [0, 0.05) is 33.4 Å². The Bertz CT molecular complexity index is 2980. The highest BCUT2D eigenvalue weighted by Gasteiger charge is 2.36. The molecule has 1 aromatic heterocycles. The number of hydrogen-bond donors (Lipinski definition) is 0. The monoisotopic (exact) mass is 724 g/mol. The summed E-state index contributed by atoms with van der Waals surface area (Å²) in [7, 11) is 0. The summed E-state index contributed by atoms with van der Waals surface area (Å²) in [5, 5.41) is 2.49. The fourth-order valence-corrected chi connectivity index (χ4v) is 9.00. The molecular formula is C54H37BN2. The fraction of sp³-hybridized carbons (Fsp3) is 0. The van der Waals surface area contributed by atoms with Crippen LogP contribution in [-0.4, -0.2) is 11.4 Å². The normalized spacial score (nSPS) is 12.1. The van der Waals surface area contributed by atoms with E-state index in [4.69, 9.17) is 0 Å². The van der Waals surface area contributed by atoms with E-state index >= 15 is 0 Å². The van der Waals surface area contributed by atoms with Crippen LogP contribution in [0.5, 0.6) is 0 Å². The molecular weight excluding hydrogens is 687 g/mol. The van der Waals surface area contributed by atoms with Crippen LogP contribution >= 0.6 is 0 Å². The van der Waals surface area contributed by atoms with Crippen LogP contribution in [0.25, 0.3) is 72.0 Å². The number of benzene rings is 9. The second kappa shape index (κ2) is 13.7. The molecule has 10 aromatic rings. The molecule has 1 aliphatic rings. The van der Waals surface area contributed by atoms with Gasteiger partial charge in [0.05, 0.1) is 11.0 Å². The molecule has 11 rings (SSSR count). The lowest BCUT2D eigenvalue weighted by Crippen LogP contribution is -2.57. The van der Waals surface area contributed by atoms with Crippen LogP contribution < -0.4 is 15.7 Å². The zero-order valence-electron chi connectivity index (χ0n) is 31.3. The first-order valence-electron chi connectivity index (χ1n) is 19.7. The third-order valence-corrected chi connectivity index (χ3v) is 11.6. The molecule has 0 atom stereocenters. The lowest BCUT2D eigenvalue weighted by Gasteiger charge is -2.39. The summed E-state index contributed by atoms with van der Waals surface area (Å²) in [5.41, 5.74) is 18.2. The van der Waals surface area contributed by atoms with Gasteiger partial charge in [-0.15, -0.1) is 0 Å². The molecule has 3 heteroatoms. The Labute approximate surface area is 333 Å². The third-order valence-electron chi connectivity index (χ3n) is 11.6. The van der Waals surface area contributed by atoms with Gasteiger partial charge in [-0.1, -0.05) is 175 Å². The van der Waals surface area contributed by atoms with Crippen LogP contribution in [0.15, 0.2) is 224 Å². The molecule has 0 radical (unpaired) electrons. The van der Waals surface area contributed by atoms with Crippen molar-refractivity contribution in [3.8, 4) is 50.2 Å². The van der Waals surface area contributed by atoms with Crippen molar-refractivity contribution in [3.05, 3.63) is 224 Å². The van der Waals surface area contributed by atoms with Crippen molar-refractivity contribution in [1.82, 2.24) is 4.57 Å². The van der Waals surface area contributed by atoms with Crippen molar-refractivity contribution in [3.63, 3.8) is 0 Å². The highest BCUT2D eigenvalue weighted by atomic mass is 15.1. The van der Waals surface area contributed by atoms with Crippen molar-refractivity contribution < 1.29 is 0 Å². The van der Waals surface area contributed by atoms with Crippen LogP contribution in [0.3, 0.4) is 0 Å². The molecule has 9 aromatic carbocycles. The summed E-state index contributed by atoms with van der Waals surface area (Å²) < 4.78 is 2.44. The molecule has 0 bridgehead atoms. The molecule has 0 amide bonds. The summed E-state index contributed by atoms with van der Waals surface area (Å²) in [5.74, 6) is 0.